The number of fused-ring (bicyclic) bond motifs is 1. The average Bonchev–Trinajstić information content (AvgIpc) is 3.15. The van der Waals surface area contributed by atoms with Crippen molar-refractivity contribution in [3.05, 3.63) is 59.9 Å². The molecule has 1 heterocycles. The molecule has 138 valence electrons. The van der Waals surface area contributed by atoms with Gasteiger partial charge in [0.25, 0.3) is 0 Å². The highest BCUT2D eigenvalue weighted by Crippen LogP contribution is 2.40. The largest absolute Gasteiger partial charge is 0.508 e. The Kier molecular flexibility index (Phi) is 4.83. The van der Waals surface area contributed by atoms with E-state index in [4.69, 9.17) is 4.74 Å². The lowest BCUT2D eigenvalue weighted by molar-refractivity contribution is 0.115. The Morgan fingerprint density at radius 1 is 1.04 bits per heavy atom. The molecule has 1 unspecified atom stereocenters. The number of nitrogens with zero attached hydrogens (tertiary/aromatic N) is 1. The monoisotopic (exact) mass is 357 g/mol. The summed E-state index contributed by atoms with van der Waals surface area (Å²) in [5, 5.41) is 19.8. The zero-order chi connectivity index (χ0) is 18.1. The summed E-state index contributed by atoms with van der Waals surface area (Å²) in [7, 11) is 0. The molecule has 26 heavy (non-hydrogen) atoms. The summed E-state index contributed by atoms with van der Waals surface area (Å²) < 4.78 is 19.6. The lowest BCUT2D eigenvalue weighted by atomic mass is 10.0. The molecular weight excluding hydrogens is 333 g/mol. The Balaban J connectivity index is 1.29. The number of aliphatic hydroxyl groups is 1. The van der Waals surface area contributed by atoms with Gasteiger partial charge >= 0.3 is 0 Å². The third-order valence-electron chi connectivity index (χ3n) is 5.62. The van der Waals surface area contributed by atoms with Crippen molar-refractivity contribution in [2.75, 3.05) is 19.6 Å². The van der Waals surface area contributed by atoms with Gasteiger partial charge in [0.2, 0.25) is 0 Å². The zero-order valence-corrected chi connectivity index (χ0v) is 14.6. The summed E-state index contributed by atoms with van der Waals surface area (Å²) in [5.41, 5.74) is 0.820. The van der Waals surface area contributed by atoms with Crippen LogP contribution in [0.1, 0.15) is 24.5 Å². The van der Waals surface area contributed by atoms with E-state index in [2.05, 4.69) is 4.90 Å². The number of aromatic hydroxyl groups is 1. The molecule has 0 amide bonds. The van der Waals surface area contributed by atoms with Crippen molar-refractivity contribution in [1.29, 1.82) is 0 Å². The van der Waals surface area contributed by atoms with Crippen LogP contribution in [0.3, 0.4) is 0 Å². The molecule has 4 nitrogen and oxygen atoms in total. The Morgan fingerprint density at radius 3 is 2.35 bits per heavy atom. The van der Waals surface area contributed by atoms with Crippen LogP contribution in [0.25, 0.3) is 0 Å². The minimum absolute atomic E-state index is 0.0751. The highest BCUT2D eigenvalue weighted by molar-refractivity contribution is 5.27. The highest BCUT2D eigenvalue weighted by atomic mass is 19.1. The Hall–Kier alpha value is -2.11. The van der Waals surface area contributed by atoms with Crippen molar-refractivity contribution >= 4 is 0 Å². The molecule has 1 saturated heterocycles. The number of likely N-dealkylation sites (tertiary alicyclic amines) is 1. The third kappa shape index (κ3) is 3.69. The van der Waals surface area contributed by atoms with Gasteiger partial charge in [0.05, 0.1) is 12.2 Å². The quantitative estimate of drug-likeness (QED) is 0.862. The van der Waals surface area contributed by atoms with Crippen LogP contribution in [-0.2, 0) is 0 Å². The number of rotatable bonds is 5. The van der Waals surface area contributed by atoms with E-state index >= 15 is 0 Å². The summed E-state index contributed by atoms with van der Waals surface area (Å²) in [5.74, 6) is 1.33. The average molecular weight is 357 g/mol. The molecule has 1 saturated carbocycles. The van der Waals surface area contributed by atoms with Crippen LogP contribution in [0.15, 0.2) is 48.5 Å². The second kappa shape index (κ2) is 7.25. The second-order valence-corrected chi connectivity index (χ2v) is 7.49. The van der Waals surface area contributed by atoms with Gasteiger partial charge in [-0.2, -0.15) is 0 Å². The van der Waals surface area contributed by atoms with Crippen LogP contribution in [0.5, 0.6) is 11.5 Å². The topological polar surface area (TPSA) is 52.9 Å². The zero-order valence-electron chi connectivity index (χ0n) is 14.6. The van der Waals surface area contributed by atoms with Gasteiger partial charge in [-0.1, -0.05) is 24.3 Å². The summed E-state index contributed by atoms with van der Waals surface area (Å²) in [6, 6.07) is 13.3. The van der Waals surface area contributed by atoms with Crippen molar-refractivity contribution in [3.8, 4) is 11.5 Å². The third-order valence-corrected chi connectivity index (χ3v) is 5.62. The number of halogens is 1. The molecule has 2 aromatic rings. The number of aliphatic hydroxyl groups excluding tert-OH is 1. The van der Waals surface area contributed by atoms with Gasteiger partial charge in [-0.25, -0.2) is 4.39 Å². The smallest absolute Gasteiger partial charge is 0.165 e. The maximum absolute atomic E-state index is 13.7. The number of hydrogen-bond acceptors (Lipinski definition) is 4. The Labute approximate surface area is 152 Å². The van der Waals surface area contributed by atoms with Crippen molar-refractivity contribution in [3.63, 3.8) is 0 Å². The molecule has 2 aromatic carbocycles. The molecule has 2 N–H and O–H groups in total. The highest BCUT2D eigenvalue weighted by Gasteiger charge is 2.42. The van der Waals surface area contributed by atoms with Crippen LogP contribution in [0.4, 0.5) is 4.39 Å². The van der Waals surface area contributed by atoms with Crippen molar-refractivity contribution < 1.29 is 19.3 Å². The minimum atomic E-state index is -0.556. The molecule has 2 aliphatic rings. The van der Waals surface area contributed by atoms with E-state index in [0.29, 0.717) is 24.1 Å². The molecule has 4 atom stereocenters. The van der Waals surface area contributed by atoms with E-state index < -0.39 is 6.10 Å². The predicted octanol–water partition coefficient (Wildman–Crippen LogP) is 3.35. The number of ether oxygens (including phenoxy) is 1. The molecule has 1 aliphatic heterocycles. The van der Waals surface area contributed by atoms with Gasteiger partial charge < -0.3 is 14.9 Å². The first-order valence-corrected chi connectivity index (χ1v) is 9.19. The SMILES string of the molecule is Oc1ccc(C(O)CN2C[C@H]3C[C@H](Oc4ccccc4F)C[C@H]3C2)cc1. The number of phenols is 1. The number of β-amino-alcohol motifs (C(OH)–C–C–N with tert-alkyl or cyclic N) is 1. The number of para-hydroxylation sites is 1. The molecule has 1 aliphatic carbocycles. The molecular formula is C21H24FNO3. The van der Waals surface area contributed by atoms with Gasteiger partial charge in [-0.3, -0.25) is 4.90 Å². The molecule has 0 bridgehead atoms. The maximum Gasteiger partial charge on any atom is 0.165 e. The predicted molar refractivity (Wildman–Crippen MR) is 96.5 cm³/mol. The molecule has 4 rings (SSSR count). The number of phenolic OH excluding ortho intramolecular Hbond substituents is 1. The van der Waals surface area contributed by atoms with E-state index in [0.717, 1.165) is 31.5 Å². The first-order chi connectivity index (χ1) is 12.6. The lowest BCUT2D eigenvalue weighted by Gasteiger charge is -2.22. The second-order valence-electron chi connectivity index (χ2n) is 7.49. The molecule has 0 aromatic heterocycles. The summed E-state index contributed by atoms with van der Waals surface area (Å²) in [4.78, 5) is 2.30. The normalized spacial score (nSPS) is 26.6. The summed E-state index contributed by atoms with van der Waals surface area (Å²) in [6.45, 7) is 2.48. The molecule has 0 spiro atoms. The van der Waals surface area contributed by atoms with Crippen LogP contribution < -0.4 is 4.74 Å². The van der Waals surface area contributed by atoms with Crippen LogP contribution in [0, 0.1) is 17.7 Å². The van der Waals surface area contributed by atoms with Gasteiger partial charge in [0, 0.05) is 19.6 Å². The van der Waals surface area contributed by atoms with E-state index in [1.165, 1.54) is 6.07 Å². The van der Waals surface area contributed by atoms with Crippen LogP contribution >= 0.6 is 0 Å². The van der Waals surface area contributed by atoms with Gasteiger partial charge in [-0.05, 0) is 54.5 Å². The molecule has 0 radical (unpaired) electrons. The molecule has 2 fully saturated rings. The maximum atomic E-state index is 13.7. The summed E-state index contributed by atoms with van der Waals surface area (Å²) >= 11 is 0. The fraction of sp³-hybridized carbons (Fsp3) is 0.429. The number of hydrogen-bond donors (Lipinski definition) is 2. The van der Waals surface area contributed by atoms with Crippen molar-refractivity contribution in [1.82, 2.24) is 4.90 Å². The van der Waals surface area contributed by atoms with Gasteiger partial charge in [0.1, 0.15) is 5.75 Å². The summed E-state index contributed by atoms with van der Waals surface area (Å²) in [6.07, 6.45) is 1.39. The standard InChI is InChI=1S/C21H24FNO3/c22-19-3-1-2-4-21(19)26-18-9-15-11-23(12-16(15)10-18)13-20(25)14-5-7-17(24)8-6-14/h1-8,15-16,18,20,24-25H,9-13H2/t15-,16+,18+,20?. The van der Waals surface area contributed by atoms with Crippen LogP contribution in [-0.4, -0.2) is 40.9 Å². The Bertz CT molecular complexity index is 737. The van der Waals surface area contributed by atoms with E-state index in [-0.39, 0.29) is 17.7 Å². The van der Waals surface area contributed by atoms with E-state index in [1.54, 1.807) is 42.5 Å². The lowest BCUT2D eigenvalue weighted by Crippen LogP contribution is -2.29. The van der Waals surface area contributed by atoms with Crippen molar-refractivity contribution in [2.45, 2.75) is 25.0 Å². The van der Waals surface area contributed by atoms with E-state index in [9.17, 15) is 14.6 Å². The fourth-order valence-electron chi connectivity index (χ4n) is 4.35. The Morgan fingerprint density at radius 2 is 1.69 bits per heavy atom. The van der Waals surface area contributed by atoms with Gasteiger partial charge in [-0.15, -0.1) is 0 Å². The molecule has 5 heteroatoms. The minimum Gasteiger partial charge on any atom is -0.508 e. The van der Waals surface area contributed by atoms with Crippen LogP contribution in [0.2, 0.25) is 0 Å². The first-order valence-electron chi connectivity index (χ1n) is 9.19. The van der Waals surface area contributed by atoms with Gasteiger partial charge in [0.15, 0.2) is 11.6 Å². The van der Waals surface area contributed by atoms with E-state index in [1.807, 2.05) is 0 Å². The fourth-order valence-corrected chi connectivity index (χ4v) is 4.35. The number of benzene rings is 2. The van der Waals surface area contributed by atoms with Crippen molar-refractivity contribution in [2.24, 2.45) is 11.8 Å². The first kappa shape index (κ1) is 17.3.